The van der Waals surface area contributed by atoms with Gasteiger partial charge in [-0.1, -0.05) is 12.1 Å². The quantitative estimate of drug-likeness (QED) is 0.725. The largest absolute Gasteiger partial charge is 0.468 e. The number of aromatic nitrogens is 2. The molecule has 0 atom stereocenters. The molecule has 3 heterocycles. The van der Waals surface area contributed by atoms with Gasteiger partial charge in [0.05, 0.1) is 12.8 Å². The van der Waals surface area contributed by atoms with Gasteiger partial charge in [0.1, 0.15) is 5.76 Å². The SMILES string of the molecule is O=C(c1cccc(-c2ncccn2)c1)N1CCN(Cc2ccco2)CC1. The van der Waals surface area contributed by atoms with Gasteiger partial charge in [-0.15, -0.1) is 0 Å². The van der Waals surface area contributed by atoms with Gasteiger partial charge in [-0.3, -0.25) is 9.69 Å². The third-order valence-corrected chi connectivity index (χ3v) is 4.55. The molecular weight excluding hydrogens is 328 g/mol. The highest BCUT2D eigenvalue weighted by molar-refractivity contribution is 5.95. The predicted octanol–water partition coefficient (Wildman–Crippen LogP) is 2.69. The number of hydrogen-bond acceptors (Lipinski definition) is 5. The second-order valence-corrected chi connectivity index (χ2v) is 6.30. The maximum absolute atomic E-state index is 12.9. The van der Waals surface area contributed by atoms with E-state index >= 15 is 0 Å². The molecule has 2 aromatic heterocycles. The molecule has 1 aliphatic rings. The summed E-state index contributed by atoms with van der Waals surface area (Å²) in [5, 5.41) is 0. The number of furan rings is 1. The van der Waals surface area contributed by atoms with Crippen LogP contribution in [0.4, 0.5) is 0 Å². The average Bonchev–Trinajstić information content (AvgIpc) is 3.22. The first-order valence-electron chi connectivity index (χ1n) is 8.71. The van der Waals surface area contributed by atoms with E-state index in [-0.39, 0.29) is 5.91 Å². The Hall–Kier alpha value is -2.99. The van der Waals surface area contributed by atoms with E-state index < -0.39 is 0 Å². The van der Waals surface area contributed by atoms with Gasteiger partial charge < -0.3 is 9.32 Å². The molecule has 4 rings (SSSR count). The number of rotatable bonds is 4. The monoisotopic (exact) mass is 348 g/mol. The van der Waals surface area contributed by atoms with Crippen LogP contribution in [-0.4, -0.2) is 51.9 Å². The first-order chi connectivity index (χ1) is 12.8. The van der Waals surface area contributed by atoms with Crippen molar-refractivity contribution in [2.24, 2.45) is 0 Å². The minimum atomic E-state index is 0.0560. The molecule has 1 aromatic carbocycles. The minimum absolute atomic E-state index is 0.0560. The lowest BCUT2D eigenvalue weighted by atomic mass is 10.1. The maximum Gasteiger partial charge on any atom is 0.253 e. The zero-order valence-electron chi connectivity index (χ0n) is 14.4. The lowest BCUT2D eigenvalue weighted by Crippen LogP contribution is -2.48. The molecule has 0 N–H and O–H groups in total. The number of benzene rings is 1. The summed E-state index contributed by atoms with van der Waals surface area (Å²) in [5.74, 6) is 1.64. The van der Waals surface area contributed by atoms with E-state index in [2.05, 4.69) is 14.9 Å². The van der Waals surface area contributed by atoms with Gasteiger partial charge in [-0.2, -0.15) is 0 Å². The van der Waals surface area contributed by atoms with E-state index in [1.54, 1.807) is 24.7 Å². The van der Waals surface area contributed by atoms with Gasteiger partial charge >= 0.3 is 0 Å². The molecule has 1 fully saturated rings. The van der Waals surface area contributed by atoms with Crippen LogP contribution in [-0.2, 0) is 6.54 Å². The minimum Gasteiger partial charge on any atom is -0.468 e. The van der Waals surface area contributed by atoms with Gasteiger partial charge in [0.15, 0.2) is 5.82 Å². The molecule has 1 saturated heterocycles. The third kappa shape index (κ3) is 3.65. The van der Waals surface area contributed by atoms with Gasteiger partial charge in [-0.25, -0.2) is 9.97 Å². The summed E-state index contributed by atoms with van der Waals surface area (Å²) in [4.78, 5) is 25.6. The molecule has 0 spiro atoms. The molecule has 1 aliphatic heterocycles. The van der Waals surface area contributed by atoms with Crippen LogP contribution in [0.1, 0.15) is 16.1 Å². The molecule has 0 unspecified atom stereocenters. The number of piperazine rings is 1. The van der Waals surface area contributed by atoms with Crippen molar-refractivity contribution in [3.63, 3.8) is 0 Å². The van der Waals surface area contributed by atoms with Crippen molar-refractivity contribution in [3.05, 3.63) is 72.4 Å². The standard InChI is InChI=1S/C20H20N4O2/c25-20(17-5-1-4-16(14-17)19-21-7-3-8-22-19)24-11-9-23(10-12-24)15-18-6-2-13-26-18/h1-8,13-14H,9-12,15H2. The maximum atomic E-state index is 12.9. The molecule has 0 bridgehead atoms. The predicted molar refractivity (Wildman–Crippen MR) is 97.4 cm³/mol. The van der Waals surface area contributed by atoms with E-state index in [1.807, 2.05) is 41.3 Å². The van der Waals surface area contributed by atoms with Crippen LogP contribution in [0.15, 0.2) is 65.5 Å². The van der Waals surface area contributed by atoms with Crippen molar-refractivity contribution in [2.45, 2.75) is 6.54 Å². The van der Waals surface area contributed by atoms with E-state index in [9.17, 15) is 4.79 Å². The third-order valence-electron chi connectivity index (χ3n) is 4.55. The summed E-state index contributed by atoms with van der Waals surface area (Å²) in [6, 6.07) is 13.2. The second kappa shape index (κ2) is 7.49. The number of amides is 1. The molecule has 0 saturated carbocycles. The Kier molecular flexibility index (Phi) is 4.75. The summed E-state index contributed by atoms with van der Waals surface area (Å²) in [5.41, 5.74) is 1.53. The van der Waals surface area contributed by atoms with Crippen molar-refractivity contribution in [1.82, 2.24) is 19.8 Å². The Morgan fingerprint density at radius 1 is 1.00 bits per heavy atom. The van der Waals surface area contributed by atoms with E-state index in [0.29, 0.717) is 24.5 Å². The number of hydrogen-bond donors (Lipinski definition) is 0. The van der Waals surface area contributed by atoms with Gasteiger partial charge in [0, 0.05) is 49.7 Å². The van der Waals surface area contributed by atoms with Crippen LogP contribution in [0.3, 0.4) is 0 Å². The first kappa shape index (κ1) is 16.5. The lowest BCUT2D eigenvalue weighted by Gasteiger charge is -2.34. The first-order valence-corrected chi connectivity index (χ1v) is 8.71. The fourth-order valence-corrected chi connectivity index (χ4v) is 3.15. The van der Waals surface area contributed by atoms with Crippen LogP contribution in [0.5, 0.6) is 0 Å². The average molecular weight is 348 g/mol. The van der Waals surface area contributed by atoms with Crippen LogP contribution >= 0.6 is 0 Å². The molecule has 6 heteroatoms. The number of nitrogens with zero attached hydrogens (tertiary/aromatic N) is 4. The van der Waals surface area contributed by atoms with Crippen LogP contribution in [0.2, 0.25) is 0 Å². The molecule has 132 valence electrons. The van der Waals surface area contributed by atoms with Crippen molar-refractivity contribution in [3.8, 4) is 11.4 Å². The summed E-state index contributed by atoms with van der Waals surface area (Å²) >= 11 is 0. The van der Waals surface area contributed by atoms with Crippen molar-refractivity contribution >= 4 is 5.91 Å². The molecule has 0 aliphatic carbocycles. The zero-order chi connectivity index (χ0) is 17.8. The van der Waals surface area contributed by atoms with E-state index in [4.69, 9.17) is 4.42 Å². The number of carbonyl (C=O) groups excluding carboxylic acids is 1. The Balaban J connectivity index is 1.41. The summed E-state index contributed by atoms with van der Waals surface area (Å²) in [6.45, 7) is 3.90. The molecule has 6 nitrogen and oxygen atoms in total. The second-order valence-electron chi connectivity index (χ2n) is 6.30. The summed E-state index contributed by atoms with van der Waals surface area (Å²) < 4.78 is 5.40. The van der Waals surface area contributed by atoms with Crippen molar-refractivity contribution in [2.75, 3.05) is 26.2 Å². The van der Waals surface area contributed by atoms with Gasteiger partial charge in [-0.05, 0) is 30.3 Å². The van der Waals surface area contributed by atoms with Crippen molar-refractivity contribution < 1.29 is 9.21 Å². The molecule has 26 heavy (non-hydrogen) atoms. The van der Waals surface area contributed by atoms with Crippen molar-refractivity contribution in [1.29, 1.82) is 0 Å². The number of carbonyl (C=O) groups is 1. The molecule has 1 amide bonds. The summed E-state index contributed by atoms with van der Waals surface area (Å²) in [6.07, 6.45) is 5.10. The van der Waals surface area contributed by atoms with Gasteiger partial charge in [0.2, 0.25) is 0 Å². The molecule has 0 radical (unpaired) electrons. The smallest absolute Gasteiger partial charge is 0.253 e. The fourth-order valence-electron chi connectivity index (χ4n) is 3.15. The van der Waals surface area contributed by atoms with Gasteiger partial charge in [0.25, 0.3) is 5.91 Å². The van der Waals surface area contributed by atoms with Crippen LogP contribution in [0, 0.1) is 0 Å². The highest BCUT2D eigenvalue weighted by Gasteiger charge is 2.23. The molecule has 3 aromatic rings. The zero-order valence-corrected chi connectivity index (χ0v) is 14.4. The highest BCUT2D eigenvalue weighted by atomic mass is 16.3. The molecular formula is C20H20N4O2. The topological polar surface area (TPSA) is 62.5 Å². The van der Waals surface area contributed by atoms with E-state index in [1.165, 1.54) is 0 Å². The van der Waals surface area contributed by atoms with E-state index in [0.717, 1.165) is 31.0 Å². The fraction of sp³-hybridized carbons (Fsp3) is 0.250. The summed E-state index contributed by atoms with van der Waals surface area (Å²) in [7, 11) is 0. The lowest BCUT2D eigenvalue weighted by molar-refractivity contribution is 0.0620. The Bertz CT molecular complexity index is 857. The normalized spacial score (nSPS) is 15.2. The van der Waals surface area contributed by atoms with Crippen LogP contribution in [0.25, 0.3) is 11.4 Å². The van der Waals surface area contributed by atoms with Crippen LogP contribution < -0.4 is 0 Å². The highest BCUT2D eigenvalue weighted by Crippen LogP contribution is 2.18. The Morgan fingerprint density at radius 3 is 2.54 bits per heavy atom. The Labute approximate surface area is 152 Å². The Morgan fingerprint density at radius 2 is 1.81 bits per heavy atom.